The maximum atomic E-state index is 12.4. The van der Waals surface area contributed by atoms with Crippen molar-refractivity contribution in [2.24, 2.45) is 0 Å². The van der Waals surface area contributed by atoms with Crippen molar-refractivity contribution >= 4 is 39.1 Å². The first-order valence-electron chi connectivity index (χ1n) is 8.80. The lowest BCUT2D eigenvalue weighted by Crippen LogP contribution is -2.36. The quantitative estimate of drug-likeness (QED) is 0.707. The second-order valence-corrected chi connectivity index (χ2v) is 8.05. The molecule has 26 heavy (non-hydrogen) atoms. The largest absolute Gasteiger partial charge is 0.351 e. The van der Waals surface area contributed by atoms with Gasteiger partial charge in [0.1, 0.15) is 5.01 Å². The zero-order valence-electron chi connectivity index (χ0n) is 14.3. The van der Waals surface area contributed by atoms with E-state index in [1.165, 1.54) is 4.70 Å². The molecule has 2 aromatic carbocycles. The number of nitrogens with zero attached hydrogens (tertiary/aromatic N) is 2. The molecular formula is C20H20ClN3OS. The number of para-hydroxylation sites is 1. The van der Waals surface area contributed by atoms with E-state index in [1.807, 2.05) is 42.5 Å². The number of rotatable bonds is 5. The Hall–Kier alpha value is -1.95. The summed E-state index contributed by atoms with van der Waals surface area (Å²) in [5.41, 5.74) is 2.10. The fourth-order valence-corrected chi connectivity index (χ4v) is 4.63. The van der Waals surface area contributed by atoms with E-state index in [0.29, 0.717) is 18.1 Å². The van der Waals surface area contributed by atoms with Gasteiger partial charge < -0.3 is 5.32 Å². The average molecular weight is 386 g/mol. The van der Waals surface area contributed by atoms with Crippen LogP contribution in [0.25, 0.3) is 10.2 Å². The van der Waals surface area contributed by atoms with Crippen LogP contribution in [0.5, 0.6) is 0 Å². The Bertz CT molecular complexity index is 876. The molecule has 1 saturated heterocycles. The fraction of sp³-hybridized carbons (Fsp3) is 0.300. The van der Waals surface area contributed by atoms with Gasteiger partial charge in [-0.05, 0) is 49.2 Å². The third kappa shape index (κ3) is 3.90. The minimum absolute atomic E-state index is 0.0490. The maximum absolute atomic E-state index is 12.4. The van der Waals surface area contributed by atoms with Crippen molar-refractivity contribution in [2.45, 2.75) is 25.4 Å². The van der Waals surface area contributed by atoms with Gasteiger partial charge in [-0.25, -0.2) is 4.98 Å². The molecule has 0 saturated carbocycles. The smallest absolute Gasteiger partial charge is 0.234 e. The Kier molecular flexibility index (Phi) is 5.20. The minimum Gasteiger partial charge on any atom is -0.351 e. The number of carbonyl (C=O) groups is 1. The number of fused-ring (bicyclic) bond motifs is 1. The van der Waals surface area contributed by atoms with E-state index in [2.05, 4.69) is 16.3 Å². The van der Waals surface area contributed by atoms with Gasteiger partial charge in [-0.2, -0.15) is 0 Å². The molecule has 0 aliphatic carbocycles. The van der Waals surface area contributed by atoms with Crippen molar-refractivity contribution in [1.29, 1.82) is 0 Å². The lowest BCUT2D eigenvalue weighted by molar-refractivity contribution is -0.122. The number of benzene rings is 2. The molecule has 0 spiro atoms. The predicted molar refractivity (Wildman–Crippen MR) is 106 cm³/mol. The summed E-state index contributed by atoms with van der Waals surface area (Å²) in [7, 11) is 0. The Balaban J connectivity index is 1.38. The lowest BCUT2D eigenvalue weighted by atomic mass is 10.2. The molecule has 1 fully saturated rings. The highest BCUT2D eigenvalue weighted by Crippen LogP contribution is 2.36. The molecule has 4 nitrogen and oxygen atoms in total. The van der Waals surface area contributed by atoms with E-state index in [1.54, 1.807) is 11.3 Å². The van der Waals surface area contributed by atoms with Crippen LogP contribution in [-0.4, -0.2) is 28.9 Å². The molecule has 0 bridgehead atoms. The number of nitrogens with one attached hydrogen (secondary N) is 1. The lowest BCUT2D eigenvalue weighted by Gasteiger charge is -2.22. The van der Waals surface area contributed by atoms with Gasteiger partial charge in [0.25, 0.3) is 0 Å². The Morgan fingerprint density at radius 3 is 2.85 bits per heavy atom. The molecule has 1 amide bonds. The number of aromatic nitrogens is 1. The molecule has 1 atom stereocenters. The van der Waals surface area contributed by atoms with Crippen LogP contribution >= 0.6 is 22.9 Å². The highest BCUT2D eigenvalue weighted by Gasteiger charge is 2.29. The number of amides is 1. The first kappa shape index (κ1) is 17.5. The van der Waals surface area contributed by atoms with Gasteiger partial charge in [0.2, 0.25) is 5.91 Å². The van der Waals surface area contributed by atoms with Crippen LogP contribution in [0.4, 0.5) is 0 Å². The van der Waals surface area contributed by atoms with E-state index >= 15 is 0 Å². The van der Waals surface area contributed by atoms with Crippen LogP contribution in [0.3, 0.4) is 0 Å². The highest BCUT2D eigenvalue weighted by atomic mass is 35.5. The van der Waals surface area contributed by atoms with Gasteiger partial charge in [0.15, 0.2) is 0 Å². The molecule has 0 radical (unpaired) electrons. The second kappa shape index (κ2) is 7.74. The minimum atomic E-state index is 0.0490. The number of thiazole rings is 1. The van der Waals surface area contributed by atoms with Crippen molar-refractivity contribution in [2.75, 3.05) is 13.1 Å². The number of halogens is 1. The monoisotopic (exact) mass is 385 g/mol. The summed E-state index contributed by atoms with van der Waals surface area (Å²) >= 11 is 7.63. The van der Waals surface area contributed by atoms with Crippen molar-refractivity contribution in [3.8, 4) is 0 Å². The van der Waals surface area contributed by atoms with Gasteiger partial charge in [-0.1, -0.05) is 35.9 Å². The number of carbonyl (C=O) groups excluding carboxylic acids is 1. The van der Waals surface area contributed by atoms with Gasteiger partial charge in [0, 0.05) is 11.6 Å². The van der Waals surface area contributed by atoms with Crippen molar-refractivity contribution in [3.63, 3.8) is 0 Å². The third-order valence-corrected chi connectivity index (χ3v) is 6.10. The number of likely N-dealkylation sites (tertiary alicyclic amines) is 1. The standard InChI is InChI=1S/C20H20ClN3OS/c21-15-9-7-14(8-10-15)12-22-19(25)13-24-11-3-5-17(24)20-23-16-4-1-2-6-18(16)26-20/h1-2,4,6-10,17H,3,5,11-13H2,(H,22,25). The van der Waals surface area contributed by atoms with Gasteiger partial charge in [-0.3, -0.25) is 9.69 Å². The van der Waals surface area contributed by atoms with Gasteiger partial charge in [0.05, 0.1) is 22.8 Å². The molecule has 1 unspecified atom stereocenters. The maximum Gasteiger partial charge on any atom is 0.234 e. The van der Waals surface area contributed by atoms with Crippen molar-refractivity contribution in [1.82, 2.24) is 15.2 Å². The van der Waals surface area contributed by atoms with Crippen LogP contribution in [0.1, 0.15) is 29.5 Å². The van der Waals surface area contributed by atoms with Crippen LogP contribution in [0.15, 0.2) is 48.5 Å². The second-order valence-electron chi connectivity index (χ2n) is 6.55. The molecular weight excluding hydrogens is 366 g/mol. The summed E-state index contributed by atoms with van der Waals surface area (Å²) in [5.74, 6) is 0.0490. The SMILES string of the molecule is O=C(CN1CCCC1c1nc2ccccc2s1)NCc1ccc(Cl)cc1. The molecule has 1 aliphatic rings. The predicted octanol–water partition coefficient (Wildman–Crippen LogP) is 4.40. The van der Waals surface area contributed by atoms with Crippen LogP contribution in [-0.2, 0) is 11.3 Å². The summed E-state index contributed by atoms with van der Waals surface area (Å²) in [5, 5.41) is 4.83. The summed E-state index contributed by atoms with van der Waals surface area (Å²) < 4.78 is 1.21. The molecule has 2 heterocycles. The van der Waals surface area contributed by atoms with Crippen LogP contribution in [0, 0.1) is 0 Å². The van der Waals surface area contributed by atoms with E-state index < -0.39 is 0 Å². The van der Waals surface area contributed by atoms with E-state index in [4.69, 9.17) is 16.6 Å². The van der Waals surface area contributed by atoms with Gasteiger partial charge >= 0.3 is 0 Å². The fourth-order valence-electron chi connectivity index (χ4n) is 3.37. The molecule has 134 valence electrons. The van der Waals surface area contributed by atoms with E-state index in [0.717, 1.165) is 35.5 Å². The molecule has 4 rings (SSSR count). The molecule has 6 heteroatoms. The zero-order chi connectivity index (χ0) is 17.9. The highest BCUT2D eigenvalue weighted by molar-refractivity contribution is 7.18. The normalized spacial score (nSPS) is 17.7. The molecule has 1 N–H and O–H groups in total. The number of hydrogen-bond acceptors (Lipinski definition) is 4. The first-order valence-corrected chi connectivity index (χ1v) is 9.99. The summed E-state index contributed by atoms with van der Waals surface area (Å²) in [4.78, 5) is 19.4. The molecule has 1 aliphatic heterocycles. The summed E-state index contributed by atoms with van der Waals surface area (Å²) in [6, 6.07) is 16.0. The van der Waals surface area contributed by atoms with Crippen molar-refractivity contribution < 1.29 is 4.79 Å². The number of hydrogen-bond donors (Lipinski definition) is 1. The molecule has 3 aromatic rings. The zero-order valence-corrected chi connectivity index (χ0v) is 15.9. The Morgan fingerprint density at radius 2 is 2.04 bits per heavy atom. The van der Waals surface area contributed by atoms with E-state index in [-0.39, 0.29) is 11.9 Å². The molecule has 1 aromatic heterocycles. The Labute approximate surface area is 161 Å². The van der Waals surface area contributed by atoms with Gasteiger partial charge in [-0.15, -0.1) is 11.3 Å². The third-order valence-electron chi connectivity index (χ3n) is 4.71. The Morgan fingerprint density at radius 1 is 1.23 bits per heavy atom. The van der Waals surface area contributed by atoms with Crippen LogP contribution in [0.2, 0.25) is 5.02 Å². The van der Waals surface area contributed by atoms with E-state index in [9.17, 15) is 4.79 Å². The van der Waals surface area contributed by atoms with Crippen molar-refractivity contribution in [3.05, 3.63) is 64.1 Å². The van der Waals surface area contributed by atoms with Crippen LogP contribution < -0.4 is 5.32 Å². The first-order chi connectivity index (χ1) is 12.7. The topological polar surface area (TPSA) is 45.2 Å². The summed E-state index contributed by atoms with van der Waals surface area (Å²) in [6.45, 7) is 1.87. The summed E-state index contributed by atoms with van der Waals surface area (Å²) in [6.07, 6.45) is 2.16. The average Bonchev–Trinajstić information content (AvgIpc) is 3.27.